The summed E-state index contributed by atoms with van der Waals surface area (Å²) in [5.74, 6) is -0.994. The van der Waals surface area contributed by atoms with E-state index in [0.29, 0.717) is 21.3 Å². The fourth-order valence-electron chi connectivity index (χ4n) is 2.70. The van der Waals surface area contributed by atoms with Gasteiger partial charge in [0.2, 0.25) is 5.91 Å². The summed E-state index contributed by atoms with van der Waals surface area (Å²) < 4.78 is 6.42. The Morgan fingerprint density at radius 3 is 2.38 bits per heavy atom. The molecule has 2 aromatic rings. The van der Waals surface area contributed by atoms with Gasteiger partial charge in [0.1, 0.15) is 22.9 Å². The first kappa shape index (κ1) is 23.3. The summed E-state index contributed by atoms with van der Waals surface area (Å²) in [5.41, 5.74) is 2.10. The van der Waals surface area contributed by atoms with Crippen LogP contribution in [0.15, 0.2) is 16.6 Å². The first-order valence-corrected chi connectivity index (χ1v) is 10.2. The molecular formula is C20H20BrCl2NO5. The van der Waals surface area contributed by atoms with Gasteiger partial charge in [-0.05, 0) is 59.0 Å². The van der Waals surface area contributed by atoms with Crippen LogP contribution < -0.4 is 10.1 Å². The van der Waals surface area contributed by atoms with Crippen molar-refractivity contribution in [2.24, 2.45) is 0 Å². The highest BCUT2D eigenvalue weighted by molar-refractivity contribution is 9.10. The molecule has 0 heterocycles. The predicted molar refractivity (Wildman–Crippen MR) is 117 cm³/mol. The molecule has 0 radical (unpaired) electrons. The zero-order valence-electron chi connectivity index (χ0n) is 16.2. The molecule has 0 unspecified atom stereocenters. The Labute approximate surface area is 186 Å². The van der Waals surface area contributed by atoms with Crippen LogP contribution in [0.2, 0.25) is 10.0 Å². The van der Waals surface area contributed by atoms with E-state index < -0.39 is 18.3 Å². The summed E-state index contributed by atoms with van der Waals surface area (Å²) in [6, 6.07) is 3.40. The summed E-state index contributed by atoms with van der Waals surface area (Å²) in [4.78, 5) is 22.6. The number of amides is 1. The van der Waals surface area contributed by atoms with Crippen LogP contribution in [0.3, 0.4) is 0 Å². The quantitative estimate of drug-likeness (QED) is 0.312. The van der Waals surface area contributed by atoms with E-state index in [9.17, 15) is 14.7 Å². The van der Waals surface area contributed by atoms with Crippen molar-refractivity contribution >= 4 is 56.7 Å². The van der Waals surface area contributed by atoms with Gasteiger partial charge < -0.3 is 20.3 Å². The van der Waals surface area contributed by atoms with Crippen molar-refractivity contribution in [3.8, 4) is 17.2 Å². The third kappa shape index (κ3) is 5.15. The molecule has 29 heavy (non-hydrogen) atoms. The number of aryl methyl sites for hydroxylation is 1. The number of hydrogen-bond acceptors (Lipinski definition) is 4. The topological polar surface area (TPSA) is 95.9 Å². The summed E-state index contributed by atoms with van der Waals surface area (Å²) in [7, 11) is 0. The number of aromatic hydroxyl groups is 1. The van der Waals surface area contributed by atoms with Crippen LogP contribution in [-0.4, -0.2) is 22.1 Å². The maximum absolute atomic E-state index is 11.8. The van der Waals surface area contributed by atoms with Gasteiger partial charge in [-0.1, -0.05) is 37.0 Å². The number of phenolic OH excluding ortho intramolecular Hbond substituents is 1. The van der Waals surface area contributed by atoms with Crippen molar-refractivity contribution < 1.29 is 24.5 Å². The van der Waals surface area contributed by atoms with Crippen molar-refractivity contribution in [2.75, 3.05) is 5.32 Å². The maximum Gasteiger partial charge on any atom is 0.312 e. The molecule has 0 aliphatic rings. The molecule has 2 rings (SSSR count). The third-order valence-electron chi connectivity index (χ3n) is 4.24. The number of ether oxygens (including phenoxy) is 1. The van der Waals surface area contributed by atoms with E-state index in [2.05, 4.69) is 21.2 Å². The van der Waals surface area contributed by atoms with Crippen LogP contribution in [0.5, 0.6) is 17.2 Å². The lowest BCUT2D eigenvalue weighted by Crippen LogP contribution is -2.17. The molecule has 0 aliphatic heterocycles. The van der Waals surface area contributed by atoms with Gasteiger partial charge in [-0.2, -0.15) is 0 Å². The molecule has 2 aromatic carbocycles. The molecule has 0 atom stereocenters. The number of carboxylic acids is 1. The number of carbonyl (C=O) groups excluding carboxylic acids is 1. The second-order valence-corrected chi connectivity index (χ2v) is 8.37. The zero-order chi connectivity index (χ0) is 22.0. The van der Waals surface area contributed by atoms with Crippen LogP contribution in [0, 0.1) is 13.8 Å². The number of nitrogens with one attached hydrogen (secondary N) is 1. The minimum atomic E-state index is -1.26. The smallest absolute Gasteiger partial charge is 0.312 e. The molecule has 0 saturated carbocycles. The summed E-state index contributed by atoms with van der Waals surface area (Å²) in [6.07, 6.45) is -0.700. The van der Waals surface area contributed by atoms with E-state index in [1.807, 2.05) is 13.8 Å². The maximum atomic E-state index is 11.8. The monoisotopic (exact) mass is 503 g/mol. The van der Waals surface area contributed by atoms with Gasteiger partial charge in [-0.15, -0.1) is 0 Å². The standard InChI is InChI=1S/C20H20BrCl2NO5/c1-8(2)12-6-11(5-9(3)19(12)28)29-20-15(21)10(4)18(16(22)17(20)23)24-13(25)7-14(26)27/h5-6,8,28H,7H2,1-4H3,(H,24,25)(H,26,27). The lowest BCUT2D eigenvalue weighted by Gasteiger charge is -2.19. The highest BCUT2D eigenvalue weighted by atomic mass is 79.9. The molecule has 156 valence electrons. The second kappa shape index (κ2) is 9.24. The molecular weight excluding hydrogens is 485 g/mol. The Balaban J connectivity index is 2.48. The molecule has 0 saturated heterocycles. The van der Waals surface area contributed by atoms with Crippen LogP contribution in [0.1, 0.15) is 42.9 Å². The molecule has 9 heteroatoms. The zero-order valence-corrected chi connectivity index (χ0v) is 19.3. The highest BCUT2D eigenvalue weighted by Gasteiger charge is 2.23. The summed E-state index contributed by atoms with van der Waals surface area (Å²) in [5, 5.41) is 21.5. The molecule has 3 N–H and O–H groups in total. The van der Waals surface area contributed by atoms with Crippen LogP contribution in [0.25, 0.3) is 0 Å². The molecule has 0 fully saturated rings. The lowest BCUT2D eigenvalue weighted by molar-refractivity contribution is -0.139. The Hall–Kier alpha value is -1.96. The van der Waals surface area contributed by atoms with Gasteiger partial charge >= 0.3 is 5.97 Å². The van der Waals surface area contributed by atoms with Crippen molar-refractivity contribution in [3.63, 3.8) is 0 Å². The van der Waals surface area contributed by atoms with Gasteiger partial charge in [-0.25, -0.2) is 0 Å². The average Bonchev–Trinajstić information content (AvgIpc) is 2.62. The van der Waals surface area contributed by atoms with Crippen molar-refractivity contribution in [2.45, 2.75) is 40.0 Å². The average molecular weight is 505 g/mol. The van der Waals surface area contributed by atoms with Crippen LogP contribution >= 0.6 is 39.1 Å². The summed E-state index contributed by atoms with van der Waals surface area (Å²) in [6.45, 7) is 7.36. The number of rotatable bonds is 6. The molecule has 6 nitrogen and oxygen atoms in total. The molecule has 0 spiro atoms. The largest absolute Gasteiger partial charge is 0.507 e. The highest BCUT2D eigenvalue weighted by Crippen LogP contribution is 2.48. The fraction of sp³-hybridized carbons (Fsp3) is 0.300. The van der Waals surface area contributed by atoms with Gasteiger partial charge in [0.05, 0.1) is 15.2 Å². The number of anilines is 1. The Morgan fingerprint density at radius 2 is 1.83 bits per heavy atom. The number of phenols is 1. The van der Waals surface area contributed by atoms with Crippen molar-refractivity contribution in [3.05, 3.63) is 43.3 Å². The number of hydrogen-bond donors (Lipinski definition) is 3. The molecule has 0 aromatic heterocycles. The van der Waals surface area contributed by atoms with Gasteiger partial charge in [0, 0.05) is 5.56 Å². The normalized spacial score (nSPS) is 10.9. The van der Waals surface area contributed by atoms with E-state index in [1.54, 1.807) is 26.0 Å². The minimum Gasteiger partial charge on any atom is -0.507 e. The first-order chi connectivity index (χ1) is 13.4. The molecule has 1 amide bonds. The fourth-order valence-corrected chi connectivity index (χ4v) is 3.79. The van der Waals surface area contributed by atoms with Crippen molar-refractivity contribution in [1.82, 2.24) is 0 Å². The number of carbonyl (C=O) groups is 2. The van der Waals surface area contributed by atoms with E-state index in [1.165, 1.54) is 0 Å². The van der Waals surface area contributed by atoms with Gasteiger partial charge in [0.25, 0.3) is 0 Å². The number of benzene rings is 2. The molecule has 0 aliphatic carbocycles. The Bertz CT molecular complexity index is 963. The van der Waals surface area contributed by atoms with E-state index >= 15 is 0 Å². The number of aliphatic carboxylic acids is 1. The summed E-state index contributed by atoms with van der Waals surface area (Å²) >= 11 is 16.1. The van der Waals surface area contributed by atoms with Crippen LogP contribution in [0.4, 0.5) is 5.69 Å². The molecule has 0 bridgehead atoms. The number of halogens is 3. The SMILES string of the molecule is Cc1cc(Oc2c(Cl)c(Cl)c(NC(=O)CC(=O)O)c(C)c2Br)cc(C(C)C)c1O. The van der Waals surface area contributed by atoms with E-state index in [0.717, 1.165) is 5.56 Å². The van der Waals surface area contributed by atoms with Crippen molar-refractivity contribution in [1.29, 1.82) is 0 Å². The van der Waals surface area contributed by atoms with Gasteiger partial charge in [0.15, 0.2) is 5.75 Å². The lowest BCUT2D eigenvalue weighted by atomic mass is 9.99. The minimum absolute atomic E-state index is 0.0284. The first-order valence-electron chi connectivity index (χ1n) is 8.64. The van der Waals surface area contributed by atoms with Gasteiger partial charge in [-0.3, -0.25) is 9.59 Å². The third-order valence-corrected chi connectivity index (χ3v) is 6.03. The number of carboxylic acid groups (broad SMARTS) is 1. The van der Waals surface area contributed by atoms with E-state index in [4.69, 9.17) is 33.0 Å². The Kier molecular flexibility index (Phi) is 7.43. The van der Waals surface area contributed by atoms with Crippen LogP contribution in [-0.2, 0) is 9.59 Å². The van der Waals surface area contributed by atoms with E-state index in [-0.39, 0.29) is 33.1 Å². The second-order valence-electron chi connectivity index (χ2n) is 6.82. The predicted octanol–water partition coefficient (Wildman–Crippen LogP) is 6.41. The Morgan fingerprint density at radius 1 is 1.21 bits per heavy atom.